The van der Waals surface area contributed by atoms with Crippen LogP contribution in [0, 0.1) is 15.9 Å². The van der Waals surface area contributed by atoms with Crippen LogP contribution in [0.5, 0.6) is 0 Å². The van der Waals surface area contributed by atoms with Crippen LogP contribution in [0.15, 0.2) is 62.9 Å². The zero-order chi connectivity index (χ0) is 25.0. The van der Waals surface area contributed by atoms with Crippen molar-refractivity contribution in [3.05, 3.63) is 101 Å². The first-order valence-corrected chi connectivity index (χ1v) is 10.8. The highest BCUT2D eigenvalue weighted by Crippen LogP contribution is 2.40. The summed E-state index contributed by atoms with van der Waals surface area (Å²) >= 11 is 0. The summed E-state index contributed by atoms with van der Waals surface area (Å²) in [6.45, 7) is 0. The number of hydrogen-bond acceptors (Lipinski definition) is 6. The molecule has 2 aromatic carbocycles. The van der Waals surface area contributed by atoms with Crippen molar-refractivity contribution in [1.82, 2.24) is 13.7 Å². The van der Waals surface area contributed by atoms with E-state index in [1.54, 1.807) is 6.07 Å². The second-order valence-corrected chi connectivity index (χ2v) is 8.55. The molecule has 2 aromatic heterocycles. The highest BCUT2D eigenvalue weighted by Gasteiger charge is 2.26. The first-order valence-electron chi connectivity index (χ1n) is 10.8. The van der Waals surface area contributed by atoms with Crippen molar-refractivity contribution >= 4 is 28.1 Å². The first-order chi connectivity index (χ1) is 16.7. The number of anilines is 2. The maximum atomic E-state index is 15.2. The zero-order valence-corrected chi connectivity index (χ0v) is 18.8. The van der Waals surface area contributed by atoms with Crippen LogP contribution in [0.25, 0.3) is 16.7 Å². The van der Waals surface area contributed by atoms with Crippen molar-refractivity contribution in [2.24, 2.45) is 14.1 Å². The number of nitrogens with one attached hydrogen (secondary N) is 1. The molecule has 1 aliphatic rings. The van der Waals surface area contributed by atoms with Crippen molar-refractivity contribution in [2.45, 2.75) is 18.8 Å². The van der Waals surface area contributed by atoms with Crippen molar-refractivity contribution in [3.8, 4) is 5.69 Å². The lowest BCUT2D eigenvalue weighted by molar-refractivity contribution is -0.384. The molecule has 0 unspecified atom stereocenters. The molecule has 0 saturated heterocycles. The molecular weight excluding hydrogens is 457 g/mol. The Labute approximate surface area is 196 Å². The smallest absolute Gasteiger partial charge is 0.337 e. The molecule has 0 bridgehead atoms. The van der Waals surface area contributed by atoms with Gasteiger partial charge in [-0.05, 0) is 42.5 Å². The van der Waals surface area contributed by atoms with E-state index in [0.29, 0.717) is 5.92 Å². The summed E-state index contributed by atoms with van der Waals surface area (Å²) in [5.74, 6) is -0.358. The summed E-state index contributed by atoms with van der Waals surface area (Å²) in [5.41, 5.74) is -1.36. The predicted molar refractivity (Wildman–Crippen MR) is 128 cm³/mol. The number of nitro benzene ring substituents is 1. The highest BCUT2D eigenvalue weighted by molar-refractivity contribution is 5.91. The predicted octanol–water partition coefficient (Wildman–Crippen LogP) is 3.06. The van der Waals surface area contributed by atoms with E-state index in [-0.39, 0.29) is 33.8 Å². The summed E-state index contributed by atoms with van der Waals surface area (Å²) in [6.07, 6.45) is 1.95. The van der Waals surface area contributed by atoms with Gasteiger partial charge >= 0.3 is 5.69 Å². The van der Waals surface area contributed by atoms with Gasteiger partial charge < -0.3 is 5.32 Å². The summed E-state index contributed by atoms with van der Waals surface area (Å²) in [6, 6.07) is 11.3. The van der Waals surface area contributed by atoms with Gasteiger partial charge in [-0.3, -0.25) is 28.8 Å². The van der Waals surface area contributed by atoms with Crippen LogP contribution >= 0.6 is 0 Å². The van der Waals surface area contributed by atoms with Crippen molar-refractivity contribution in [1.29, 1.82) is 0 Å². The van der Waals surface area contributed by atoms with Gasteiger partial charge in [0.25, 0.3) is 16.8 Å². The average molecular weight is 477 g/mol. The van der Waals surface area contributed by atoms with Crippen LogP contribution in [0.3, 0.4) is 0 Å². The SMILES string of the molecule is Cn1c(=O)c2c(Nc3cccc([N+](=O)[O-])c3)cc(=O)n(C)c2n(-c2ccc(C3CC3)cc2F)c1=O. The molecule has 178 valence electrons. The Bertz CT molecular complexity index is 1710. The van der Waals surface area contributed by atoms with E-state index < -0.39 is 27.5 Å². The minimum atomic E-state index is -0.817. The van der Waals surface area contributed by atoms with Crippen LogP contribution in [0.2, 0.25) is 0 Å². The van der Waals surface area contributed by atoms with E-state index in [2.05, 4.69) is 5.32 Å². The lowest BCUT2D eigenvalue weighted by Gasteiger charge is -2.18. The Balaban J connectivity index is 1.81. The van der Waals surface area contributed by atoms with E-state index in [1.165, 1.54) is 50.5 Å². The van der Waals surface area contributed by atoms with E-state index >= 15 is 4.39 Å². The van der Waals surface area contributed by atoms with Gasteiger partial charge in [0.05, 0.1) is 16.3 Å². The minimum Gasteiger partial charge on any atom is -0.354 e. The van der Waals surface area contributed by atoms with E-state index in [0.717, 1.165) is 38.2 Å². The molecule has 0 aliphatic heterocycles. The normalized spacial score (nSPS) is 13.2. The standard InChI is InChI=1S/C24H20FN5O5/c1-27-20(31)12-18(26-15-4-3-5-16(11-15)30(34)35)21-22(27)29(24(33)28(2)23(21)32)19-9-8-14(10-17(19)25)13-6-7-13/h3-5,8-13,26H,6-7H2,1-2H3. The molecule has 0 spiro atoms. The third-order valence-electron chi connectivity index (χ3n) is 6.21. The van der Waals surface area contributed by atoms with Gasteiger partial charge in [-0.15, -0.1) is 0 Å². The fourth-order valence-electron chi connectivity index (χ4n) is 4.20. The first kappa shape index (κ1) is 22.3. The lowest BCUT2D eigenvalue weighted by Crippen LogP contribution is -2.40. The number of benzene rings is 2. The van der Waals surface area contributed by atoms with E-state index in [9.17, 15) is 24.5 Å². The molecule has 1 saturated carbocycles. The fraction of sp³-hybridized carbons (Fsp3) is 0.208. The van der Waals surface area contributed by atoms with Crippen LogP contribution in [0.1, 0.15) is 24.3 Å². The van der Waals surface area contributed by atoms with Crippen LogP contribution in [-0.4, -0.2) is 18.6 Å². The monoisotopic (exact) mass is 477 g/mol. The number of nitrogens with zero attached hydrogens (tertiary/aromatic N) is 4. The molecule has 10 nitrogen and oxygen atoms in total. The number of fused-ring (bicyclic) bond motifs is 1. The third kappa shape index (κ3) is 3.70. The molecule has 11 heteroatoms. The molecule has 1 fully saturated rings. The zero-order valence-electron chi connectivity index (χ0n) is 18.8. The Kier molecular flexibility index (Phi) is 5.12. The Hall–Kier alpha value is -4.54. The third-order valence-corrected chi connectivity index (χ3v) is 6.21. The van der Waals surface area contributed by atoms with Crippen LogP contribution in [0.4, 0.5) is 21.5 Å². The fourth-order valence-corrected chi connectivity index (χ4v) is 4.20. The number of nitro groups is 1. The number of rotatable bonds is 5. The van der Waals surface area contributed by atoms with Crippen molar-refractivity contribution in [3.63, 3.8) is 0 Å². The number of halogens is 1. The maximum absolute atomic E-state index is 15.2. The molecular formula is C24H20FN5O5. The topological polar surface area (TPSA) is 121 Å². The largest absolute Gasteiger partial charge is 0.354 e. The highest BCUT2D eigenvalue weighted by atomic mass is 19.1. The molecule has 5 rings (SSSR count). The lowest BCUT2D eigenvalue weighted by atomic mass is 10.1. The molecule has 1 N–H and O–H groups in total. The van der Waals surface area contributed by atoms with Gasteiger partial charge in [0, 0.05) is 38.0 Å². The van der Waals surface area contributed by atoms with E-state index in [4.69, 9.17) is 0 Å². The Morgan fingerprint density at radius 3 is 2.43 bits per heavy atom. The summed E-state index contributed by atoms with van der Waals surface area (Å²) < 4.78 is 18.2. The molecule has 0 amide bonds. The van der Waals surface area contributed by atoms with Crippen LogP contribution in [-0.2, 0) is 14.1 Å². The quantitative estimate of drug-likeness (QED) is 0.348. The summed E-state index contributed by atoms with van der Waals surface area (Å²) in [7, 11) is 2.65. The van der Waals surface area contributed by atoms with Gasteiger partial charge in [0.2, 0.25) is 0 Å². The second-order valence-electron chi connectivity index (χ2n) is 8.55. The Morgan fingerprint density at radius 2 is 1.77 bits per heavy atom. The van der Waals surface area contributed by atoms with E-state index in [1.807, 2.05) is 0 Å². The van der Waals surface area contributed by atoms with Crippen LogP contribution < -0.4 is 22.1 Å². The second kappa shape index (κ2) is 8.05. The van der Waals surface area contributed by atoms with Gasteiger partial charge in [-0.25, -0.2) is 13.8 Å². The molecule has 4 aromatic rings. The van der Waals surface area contributed by atoms with Crippen molar-refractivity contribution < 1.29 is 9.31 Å². The van der Waals surface area contributed by atoms with Gasteiger partial charge in [-0.2, -0.15) is 0 Å². The summed E-state index contributed by atoms with van der Waals surface area (Å²) in [4.78, 5) is 49.8. The van der Waals surface area contributed by atoms with Gasteiger partial charge in [-0.1, -0.05) is 12.1 Å². The minimum absolute atomic E-state index is 0.0351. The molecule has 2 heterocycles. The number of hydrogen-bond donors (Lipinski definition) is 1. The van der Waals surface area contributed by atoms with Crippen molar-refractivity contribution in [2.75, 3.05) is 5.32 Å². The number of pyridine rings is 1. The number of aryl methyl sites for hydroxylation is 1. The molecule has 0 radical (unpaired) electrons. The average Bonchev–Trinajstić information content (AvgIpc) is 3.67. The number of non-ortho nitro benzene ring substituents is 1. The number of aromatic nitrogens is 3. The molecule has 0 atom stereocenters. The molecule has 35 heavy (non-hydrogen) atoms. The Morgan fingerprint density at radius 1 is 1.03 bits per heavy atom. The van der Waals surface area contributed by atoms with Gasteiger partial charge in [0.1, 0.15) is 16.9 Å². The summed E-state index contributed by atoms with van der Waals surface area (Å²) in [5, 5.41) is 14.0. The maximum Gasteiger partial charge on any atom is 0.337 e. The van der Waals surface area contributed by atoms with Gasteiger partial charge in [0.15, 0.2) is 0 Å². The molecule has 1 aliphatic carbocycles.